The molecule has 0 spiro atoms. The molecule has 0 heterocycles. The third-order valence-corrected chi connectivity index (χ3v) is 0.936. The van der Waals surface area contributed by atoms with Gasteiger partial charge in [-0.05, 0) is 20.8 Å². The van der Waals surface area contributed by atoms with Crippen molar-refractivity contribution in [1.82, 2.24) is 5.32 Å². The minimum atomic E-state index is -0.512. The zero-order valence-electron chi connectivity index (χ0n) is 7.31. The van der Waals surface area contributed by atoms with Crippen LogP contribution in [0.3, 0.4) is 0 Å². The molecule has 0 aromatic heterocycles. The van der Waals surface area contributed by atoms with Crippen molar-refractivity contribution >= 4 is 6.03 Å². The van der Waals surface area contributed by atoms with Gasteiger partial charge in [-0.15, -0.1) is 0 Å². The summed E-state index contributed by atoms with van der Waals surface area (Å²) in [5, 5.41) is 2.43. The highest BCUT2D eigenvalue weighted by Gasteiger charge is 2.08. The quantitative estimate of drug-likeness (QED) is 0.589. The first-order valence-corrected chi connectivity index (χ1v) is 3.59. The Bertz CT molecular complexity index is 129. The molecular weight excluding hydrogens is 144 g/mol. The molecule has 0 aliphatic heterocycles. The Kier molecular flexibility index (Phi) is 3.89. The van der Waals surface area contributed by atoms with Crippen molar-refractivity contribution in [2.45, 2.75) is 26.4 Å². The second-order valence-corrected chi connectivity index (χ2v) is 3.25. The summed E-state index contributed by atoms with van der Waals surface area (Å²) < 4.78 is 5.31. The maximum atomic E-state index is 10.2. The van der Waals surface area contributed by atoms with Crippen LogP contribution in [-0.2, 0) is 4.74 Å². The molecule has 0 aromatic carbocycles. The Labute approximate surface area is 67.1 Å². The van der Waals surface area contributed by atoms with Crippen LogP contribution in [0, 0.1) is 0 Å². The zero-order chi connectivity index (χ0) is 8.91. The third-order valence-electron chi connectivity index (χ3n) is 0.936. The van der Waals surface area contributed by atoms with E-state index >= 15 is 0 Å². The molecule has 3 N–H and O–H groups in total. The highest BCUT2D eigenvalue weighted by atomic mass is 16.5. The van der Waals surface area contributed by atoms with Gasteiger partial charge in [0.25, 0.3) is 0 Å². The fraction of sp³-hybridized carbons (Fsp3) is 0.857. The van der Waals surface area contributed by atoms with Crippen molar-refractivity contribution in [3.8, 4) is 0 Å². The summed E-state index contributed by atoms with van der Waals surface area (Å²) in [4.78, 5) is 10.2. The van der Waals surface area contributed by atoms with E-state index in [-0.39, 0.29) is 5.60 Å². The molecule has 0 aliphatic carbocycles. The molecule has 4 heteroatoms. The minimum absolute atomic E-state index is 0.153. The lowest BCUT2D eigenvalue weighted by Crippen LogP contribution is -2.34. The SMILES string of the molecule is CC(C)(C)OCCNC(N)=O. The average molecular weight is 160 g/mol. The van der Waals surface area contributed by atoms with Gasteiger partial charge in [0.1, 0.15) is 0 Å². The first kappa shape index (κ1) is 10.2. The standard InChI is InChI=1S/C7H16N2O2/c1-7(2,3)11-5-4-9-6(8)10/h4-5H2,1-3H3,(H3,8,9,10). The van der Waals surface area contributed by atoms with E-state index < -0.39 is 6.03 Å². The molecule has 4 nitrogen and oxygen atoms in total. The molecule has 0 saturated heterocycles. The summed E-state index contributed by atoms with van der Waals surface area (Å²) in [6, 6.07) is -0.512. The molecule has 0 atom stereocenters. The highest BCUT2D eigenvalue weighted by Crippen LogP contribution is 2.04. The van der Waals surface area contributed by atoms with Crippen LogP contribution in [0.15, 0.2) is 0 Å². The molecule has 0 aliphatic rings. The van der Waals surface area contributed by atoms with E-state index in [1.807, 2.05) is 20.8 Å². The van der Waals surface area contributed by atoms with Gasteiger partial charge in [-0.2, -0.15) is 0 Å². The van der Waals surface area contributed by atoms with Gasteiger partial charge < -0.3 is 15.8 Å². The van der Waals surface area contributed by atoms with Gasteiger partial charge in [-0.1, -0.05) is 0 Å². The van der Waals surface area contributed by atoms with Gasteiger partial charge in [0.2, 0.25) is 0 Å². The Morgan fingerprint density at radius 3 is 2.45 bits per heavy atom. The average Bonchev–Trinajstić information content (AvgIpc) is 1.78. The first-order valence-electron chi connectivity index (χ1n) is 3.59. The fourth-order valence-electron chi connectivity index (χ4n) is 0.531. The molecule has 0 saturated carbocycles. The fourth-order valence-corrected chi connectivity index (χ4v) is 0.531. The largest absolute Gasteiger partial charge is 0.374 e. The Morgan fingerprint density at radius 1 is 1.55 bits per heavy atom. The van der Waals surface area contributed by atoms with Gasteiger partial charge in [0, 0.05) is 6.54 Å². The van der Waals surface area contributed by atoms with Crippen LogP contribution in [0.5, 0.6) is 0 Å². The lowest BCUT2D eigenvalue weighted by Gasteiger charge is -2.19. The Balaban J connectivity index is 3.22. The number of carbonyl (C=O) groups excluding carboxylic acids is 1. The summed E-state index contributed by atoms with van der Waals surface area (Å²) >= 11 is 0. The number of carbonyl (C=O) groups is 1. The molecule has 0 rings (SSSR count). The molecule has 0 fully saturated rings. The normalized spacial score (nSPS) is 11.2. The van der Waals surface area contributed by atoms with E-state index in [0.717, 1.165) is 0 Å². The van der Waals surface area contributed by atoms with Crippen LogP contribution < -0.4 is 11.1 Å². The van der Waals surface area contributed by atoms with Crippen LogP contribution in [0.1, 0.15) is 20.8 Å². The monoisotopic (exact) mass is 160 g/mol. The summed E-state index contributed by atoms with van der Waals surface area (Å²) in [5.74, 6) is 0. The number of hydrogen-bond acceptors (Lipinski definition) is 2. The van der Waals surface area contributed by atoms with Crippen molar-refractivity contribution in [1.29, 1.82) is 0 Å². The lowest BCUT2D eigenvalue weighted by molar-refractivity contribution is 0.0000806. The first-order chi connectivity index (χ1) is 4.92. The second-order valence-electron chi connectivity index (χ2n) is 3.25. The van der Waals surface area contributed by atoms with E-state index in [4.69, 9.17) is 10.5 Å². The number of ether oxygens (including phenoxy) is 1. The predicted octanol–water partition coefficient (Wildman–Crippen LogP) is 0.470. The summed E-state index contributed by atoms with van der Waals surface area (Å²) in [7, 11) is 0. The van der Waals surface area contributed by atoms with E-state index in [1.165, 1.54) is 0 Å². The molecule has 66 valence electrons. The number of nitrogens with two attached hydrogens (primary N) is 1. The van der Waals surface area contributed by atoms with Gasteiger partial charge in [0.15, 0.2) is 0 Å². The van der Waals surface area contributed by atoms with Crippen LogP contribution >= 0.6 is 0 Å². The maximum absolute atomic E-state index is 10.2. The number of rotatable bonds is 3. The molecule has 0 aromatic rings. The molecular formula is C7H16N2O2. The van der Waals surface area contributed by atoms with E-state index in [2.05, 4.69) is 5.32 Å². The summed E-state index contributed by atoms with van der Waals surface area (Å²) in [6.07, 6.45) is 0. The summed E-state index contributed by atoms with van der Waals surface area (Å²) in [6.45, 7) is 6.82. The number of urea groups is 1. The number of primary amides is 1. The van der Waals surface area contributed by atoms with Crippen molar-refractivity contribution in [2.75, 3.05) is 13.2 Å². The van der Waals surface area contributed by atoms with E-state index in [1.54, 1.807) is 0 Å². The number of amides is 2. The lowest BCUT2D eigenvalue weighted by atomic mass is 10.2. The van der Waals surface area contributed by atoms with E-state index in [9.17, 15) is 4.79 Å². The Morgan fingerprint density at radius 2 is 2.09 bits per heavy atom. The van der Waals surface area contributed by atoms with Crippen molar-refractivity contribution < 1.29 is 9.53 Å². The van der Waals surface area contributed by atoms with Gasteiger partial charge >= 0.3 is 6.03 Å². The molecule has 0 radical (unpaired) electrons. The van der Waals surface area contributed by atoms with Gasteiger partial charge in [0.05, 0.1) is 12.2 Å². The zero-order valence-corrected chi connectivity index (χ0v) is 7.31. The Hall–Kier alpha value is -0.770. The van der Waals surface area contributed by atoms with Gasteiger partial charge in [-0.3, -0.25) is 0 Å². The molecule has 11 heavy (non-hydrogen) atoms. The van der Waals surface area contributed by atoms with Gasteiger partial charge in [-0.25, -0.2) is 4.79 Å². The predicted molar refractivity (Wildman–Crippen MR) is 43.3 cm³/mol. The number of hydrogen-bond donors (Lipinski definition) is 2. The number of nitrogens with one attached hydrogen (secondary N) is 1. The van der Waals surface area contributed by atoms with Crippen molar-refractivity contribution in [3.05, 3.63) is 0 Å². The third kappa shape index (κ3) is 9.23. The van der Waals surface area contributed by atoms with Crippen LogP contribution in [-0.4, -0.2) is 24.8 Å². The highest BCUT2D eigenvalue weighted by molar-refractivity contribution is 5.71. The minimum Gasteiger partial charge on any atom is -0.374 e. The van der Waals surface area contributed by atoms with Crippen LogP contribution in [0.2, 0.25) is 0 Å². The maximum Gasteiger partial charge on any atom is 0.312 e. The van der Waals surface area contributed by atoms with Crippen molar-refractivity contribution in [3.63, 3.8) is 0 Å². The van der Waals surface area contributed by atoms with E-state index in [0.29, 0.717) is 13.2 Å². The van der Waals surface area contributed by atoms with Crippen LogP contribution in [0.25, 0.3) is 0 Å². The topological polar surface area (TPSA) is 64.3 Å². The second kappa shape index (κ2) is 4.18. The van der Waals surface area contributed by atoms with Crippen molar-refractivity contribution in [2.24, 2.45) is 5.73 Å². The van der Waals surface area contributed by atoms with Crippen LogP contribution in [0.4, 0.5) is 4.79 Å². The summed E-state index contributed by atoms with van der Waals surface area (Å²) in [5.41, 5.74) is 4.68. The molecule has 0 bridgehead atoms. The molecule has 0 unspecified atom stereocenters. The molecule has 2 amide bonds. The smallest absolute Gasteiger partial charge is 0.312 e.